The third-order valence-electron chi connectivity index (χ3n) is 1.14. The van der Waals surface area contributed by atoms with Crippen molar-refractivity contribution in [1.29, 1.82) is 0 Å². The van der Waals surface area contributed by atoms with Crippen molar-refractivity contribution in [3.05, 3.63) is 26.0 Å². The van der Waals surface area contributed by atoms with Crippen molar-refractivity contribution >= 4 is 50.3 Å². The highest BCUT2D eigenvalue weighted by Crippen LogP contribution is 2.29. The maximum Gasteiger partial charge on any atom is 0.240 e. The van der Waals surface area contributed by atoms with Gasteiger partial charge >= 0.3 is 0 Å². The van der Waals surface area contributed by atoms with E-state index in [1.807, 2.05) is 22.6 Å². The van der Waals surface area contributed by atoms with Crippen LogP contribution in [0, 0.1) is 9.39 Å². The van der Waals surface area contributed by atoms with Gasteiger partial charge in [-0.3, -0.25) is 0 Å². The molecule has 0 aliphatic carbocycles. The Morgan fingerprint density at radius 1 is 1.58 bits per heavy atom. The average molecular weight is 342 g/mol. The lowest BCUT2D eigenvalue weighted by molar-refractivity contribution is 0.565. The summed E-state index contributed by atoms with van der Waals surface area (Å²) in [6, 6.07) is 2.49. The lowest BCUT2D eigenvalue weighted by atomic mass is 10.3. The van der Waals surface area contributed by atoms with Gasteiger partial charge in [-0.25, -0.2) is 9.18 Å². The fraction of sp³-hybridized carbons (Fsp3) is 0. The highest BCUT2D eigenvalue weighted by atomic mass is 127. The molecule has 1 aromatic carbocycles. The van der Waals surface area contributed by atoms with Gasteiger partial charge in [0.25, 0.3) is 0 Å². The molecule has 0 saturated heterocycles. The summed E-state index contributed by atoms with van der Waals surface area (Å²) in [5.41, 5.74) is 0.289. The Bertz CT molecular complexity index is 363. The molecule has 62 valence electrons. The van der Waals surface area contributed by atoms with Crippen LogP contribution in [0.2, 0.25) is 0 Å². The van der Waals surface area contributed by atoms with Gasteiger partial charge in [-0.15, -0.1) is 0 Å². The van der Waals surface area contributed by atoms with Crippen LogP contribution in [0.1, 0.15) is 0 Å². The van der Waals surface area contributed by atoms with E-state index < -0.39 is 5.82 Å². The molecule has 12 heavy (non-hydrogen) atoms. The minimum absolute atomic E-state index is 0.289. The lowest BCUT2D eigenvalue weighted by Crippen LogP contribution is -1.80. The predicted molar refractivity (Wildman–Crippen MR) is 54.6 cm³/mol. The third-order valence-corrected chi connectivity index (χ3v) is 3.64. The standard InChI is InChI=1S/C7H2BrFINO/c8-5-1-4(9)2-6(7(5)10)11-3-12/h1-2H. The number of benzene rings is 1. The third kappa shape index (κ3) is 2.12. The van der Waals surface area contributed by atoms with Gasteiger partial charge in [0.1, 0.15) is 5.82 Å². The molecule has 1 rings (SSSR count). The fourth-order valence-electron chi connectivity index (χ4n) is 0.673. The number of carbonyl (C=O) groups excluding carboxylic acids is 1. The molecule has 0 radical (unpaired) electrons. The molecule has 0 saturated carbocycles. The Morgan fingerprint density at radius 3 is 2.83 bits per heavy atom. The monoisotopic (exact) mass is 341 g/mol. The van der Waals surface area contributed by atoms with E-state index in [0.717, 1.165) is 0 Å². The normalized spacial score (nSPS) is 9.25. The van der Waals surface area contributed by atoms with Gasteiger partial charge < -0.3 is 0 Å². The molecule has 5 heteroatoms. The van der Waals surface area contributed by atoms with Crippen LogP contribution in [0.25, 0.3) is 0 Å². The Morgan fingerprint density at radius 2 is 2.25 bits per heavy atom. The summed E-state index contributed by atoms with van der Waals surface area (Å²) >= 11 is 5.09. The summed E-state index contributed by atoms with van der Waals surface area (Å²) in [6.45, 7) is 0. The van der Waals surface area contributed by atoms with Gasteiger partial charge in [0.05, 0.1) is 9.26 Å². The van der Waals surface area contributed by atoms with Gasteiger partial charge in [0.2, 0.25) is 6.08 Å². The van der Waals surface area contributed by atoms with Crippen molar-refractivity contribution in [1.82, 2.24) is 0 Å². The summed E-state index contributed by atoms with van der Waals surface area (Å²) in [5.74, 6) is -0.434. The smallest absolute Gasteiger partial charge is 0.211 e. The first kappa shape index (κ1) is 9.83. The van der Waals surface area contributed by atoms with Crippen LogP contribution < -0.4 is 0 Å². The van der Waals surface area contributed by atoms with Gasteiger partial charge in [-0.1, -0.05) is 0 Å². The van der Waals surface area contributed by atoms with Crippen LogP contribution in [-0.2, 0) is 4.79 Å². The number of hydrogen-bond acceptors (Lipinski definition) is 2. The van der Waals surface area contributed by atoms with E-state index in [2.05, 4.69) is 20.9 Å². The molecule has 0 amide bonds. The summed E-state index contributed by atoms with van der Waals surface area (Å²) in [7, 11) is 0. The molecular formula is C7H2BrFINO. The van der Waals surface area contributed by atoms with Crippen LogP contribution >= 0.6 is 38.5 Å². The maximum absolute atomic E-state index is 12.7. The minimum atomic E-state index is -0.434. The molecule has 0 spiro atoms. The zero-order valence-electron chi connectivity index (χ0n) is 5.64. The summed E-state index contributed by atoms with van der Waals surface area (Å²) in [6.07, 6.45) is 1.36. The molecule has 0 unspecified atom stereocenters. The summed E-state index contributed by atoms with van der Waals surface area (Å²) in [5, 5.41) is 0. The van der Waals surface area contributed by atoms with Crippen molar-refractivity contribution in [3.63, 3.8) is 0 Å². The van der Waals surface area contributed by atoms with E-state index in [1.165, 1.54) is 18.2 Å². The van der Waals surface area contributed by atoms with Gasteiger partial charge in [-0.2, -0.15) is 4.99 Å². The van der Waals surface area contributed by atoms with Gasteiger partial charge in [0, 0.05) is 10.5 Å². The lowest BCUT2D eigenvalue weighted by Gasteiger charge is -1.98. The van der Waals surface area contributed by atoms with Crippen molar-refractivity contribution in [3.8, 4) is 0 Å². The van der Waals surface area contributed by atoms with Gasteiger partial charge in [-0.05, 0) is 44.6 Å². The maximum atomic E-state index is 12.7. The van der Waals surface area contributed by atoms with Crippen LogP contribution in [0.15, 0.2) is 21.6 Å². The number of nitrogens with zero attached hydrogens (tertiary/aromatic N) is 1. The minimum Gasteiger partial charge on any atom is -0.211 e. The van der Waals surface area contributed by atoms with Crippen molar-refractivity contribution in [2.45, 2.75) is 0 Å². The highest BCUT2D eigenvalue weighted by molar-refractivity contribution is 14.1. The average Bonchev–Trinajstić information content (AvgIpc) is 2.00. The Balaban J connectivity index is 3.36. The molecular weight excluding hydrogens is 340 g/mol. The second-order valence-electron chi connectivity index (χ2n) is 1.92. The van der Waals surface area contributed by atoms with E-state index in [-0.39, 0.29) is 5.69 Å². The molecule has 0 heterocycles. The van der Waals surface area contributed by atoms with Crippen LogP contribution in [-0.4, -0.2) is 6.08 Å². The number of hydrogen-bond donors (Lipinski definition) is 0. The molecule has 0 bridgehead atoms. The predicted octanol–water partition coefficient (Wildman–Crippen LogP) is 3.16. The zero-order valence-corrected chi connectivity index (χ0v) is 9.39. The first-order valence-corrected chi connectivity index (χ1v) is 4.74. The van der Waals surface area contributed by atoms with Crippen LogP contribution in [0.3, 0.4) is 0 Å². The van der Waals surface area contributed by atoms with Crippen LogP contribution in [0.4, 0.5) is 10.1 Å². The van der Waals surface area contributed by atoms with E-state index >= 15 is 0 Å². The van der Waals surface area contributed by atoms with E-state index in [1.54, 1.807) is 0 Å². The summed E-state index contributed by atoms with van der Waals surface area (Å²) in [4.78, 5) is 13.3. The topological polar surface area (TPSA) is 29.4 Å². The molecule has 0 aromatic heterocycles. The molecule has 0 aliphatic heterocycles. The zero-order chi connectivity index (χ0) is 9.14. The summed E-state index contributed by atoms with van der Waals surface area (Å²) < 4.78 is 14.0. The van der Waals surface area contributed by atoms with E-state index in [9.17, 15) is 9.18 Å². The molecule has 0 fully saturated rings. The number of aliphatic imine (C=N–C) groups is 1. The van der Waals surface area contributed by atoms with Gasteiger partial charge in [0.15, 0.2) is 0 Å². The first-order valence-electron chi connectivity index (χ1n) is 2.87. The van der Waals surface area contributed by atoms with E-state index in [0.29, 0.717) is 8.04 Å². The SMILES string of the molecule is O=C=Nc1cc(F)cc(Br)c1I. The first-order chi connectivity index (χ1) is 5.65. The largest absolute Gasteiger partial charge is 0.240 e. The molecule has 0 atom stereocenters. The Hall–Kier alpha value is -0.260. The van der Waals surface area contributed by atoms with E-state index in [4.69, 9.17) is 0 Å². The number of rotatable bonds is 1. The van der Waals surface area contributed by atoms with Crippen molar-refractivity contribution in [2.75, 3.05) is 0 Å². The molecule has 2 nitrogen and oxygen atoms in total. The Kier molecular flexibility index (Phi) is 3.37. The second kappa shape index (κ2) is 4.11. The second-order valence-corrected chi connectivity index (χ2v) is 3.86. The molecule has 0 N–H and O–H groups in total. The van der Waals surface area contributed by atoms with Crippen LogP contribution in [0.5, 0.6) is 0 Å². The number of halogens is 3. The van der Waals surface area contributed by atoms with Crippen molar-refractivity contribution < 1.29 is 9.18 Å². The molecule has 1 aromatic rings. The molecule has 0 aliphatic rings. The Labute approximate surface area is 90.1 Å². The highest BCUT2D eigenvalue weighted by Gasteiger charge is 2.05. The van der Waals surface area contributed by atoms with Crippen molar-refractivity contribution in [2.24, 2.45) is 4.99 Å². The number of isocyanates is 1. The quantitative estimate of drug-likeness (QED) is 0.334. The fourth-order valence-corrected chi connectivity index (χ4v) is 1.53.